The maximum absolute atomic E-state index is 4.44. The maximum atomic E-state index is 4.44. The predicted molar refractivity (Wildman–Crippen MR) is 78.7 cm³/mol. The van der Waals surface area contributed by atoms with E-state index in [2.05, 4.69) is 33.9 Å². The van der Waals surface area contributed by atoms with Crippen molar-refractivity contribution in [2.75, 3.05) is 12.3 Å². The minimum atomic E-state index is 0.585. The predicted octanol–water partition coefficient (Wildman–Crippen LogP) is 2.97. The highest BCUT2D eigenvalue weighted by Crippen LogP contribution is 2.45. The summed E-state index contributed by atoms with van der Waals surface area (Å²) in [5.41, 5.74) is 0. The van der Waals surface area contributed by atoms with Crippen molar-refractivity contribution in [1.82, 2.24) is 20.1 Å². The van der Waals surface area contributed by atoms with Crippen LogP contribution < -0.4 is 5.32 Å². The topological polar surface area (TPSA) is 42.7 Å². The lowest BCUT2D eigenvalue weighted by Crippen LogP contribution is -2.23. The first-order valence-electron chi connectivity index (χ1n) is 7.56. The molecule has 0 atom stereocenters. The Morgan fingerprint density at radius 3 is 2.68 bits per heavy atom. The lowest BCUT2D eigenvalue weighted by molar-refractivity contribution is 0.585. The van der Waals surface area contributed by atoms with Crippen LogP contribution in [-0.4, -0.2) is 33.1 Å². The zero-order chi connectivity index (χ0) is 13.2. The molecule has 2 aliphatic rings. The van der Waals surface area contributed by atoms with Gasteiger partial charge in [0.1, 0.15) is 5.82 Å². The van der Waals surface area contributed by atoms with Crippen LogP contribution in [0.5, 0.6) is 0 Å². The molecule has 19 heavy (non-hydrogen) atoms. The van der Waals surface area contributed by atoms with Gasteiger partial charge in [0.15, 0.2) is 5.16 Å². The van der Waals surface area contributed by atoms with Crippen molar-refractivity contribution < 1.29 is 0 Å². The minimum absolute atomic E-state index is 0.585. The molecule has 2 saturated carbocycles. The summed E-state index contributed by atoms with van der Waals surface area (Å²) in [5, 5.41) is 13.5. The van der Waals surface area contributed by atoms with E-state index in [1.54, 1.807) is 0 Å². The third-order valence-corrected chi connectivity index (χ3v) is 4.68. The van der Waals surface area contributed by atoms with Crippen LogP contribution in [0.15, 0.2) is 5.16 Å². The number of aromatic nitrogens is 3. The summed E-state index contributed by atoms with van der Waals surface area (Å²) in [6.07, 6.45) is 6.46. The number of hydrogen-bond donors (Lipinski definition) is 1. The van der Waals surface area contributed by atoms with Crippen molar-refractivity contribution in [2.24, 2.45) is 0 Å². The third-order valence-electron chi connectivity index (χ3n) is 3.65. The molecule has 0 radical (unpaired) electrons. The molecule has 0 aliphatic heterocycles. The van der Waals surface area contributed by atoms with Crippen molar-refractivity contribution in [3.05, 3.63) is 5.82 Å². The van der Waals surface area contributed by atoms with Crippen LogP contribution in [-0.2, 0) is 0 Å². The average Bonchev–Trinajstić information content (AvgIpc) is 3.28. The zero-order valence-corrected chi connectivity index (χ0v) is 12.7. The van der Waals surface area contributed by atoms with Crippen molar-refractivity contribution in [3.8, 4) is 0 Å². The molecule has 1 heterocycles. The summed E-state index contributed by atoms with van der Waals surface area (Å²) in [6.45, 7) is 5.48. The average molecular weight is 280 g/mol. The first-order valence-corrected chi connectivity index (χ1v) is 8.55. The van der Waals surface area contributed by atoms with E-state index in [0.717, 1.165) is 17.5 Å². The normalized spacial score (nSPS) is 19.3. The van der Waals surface area contributed by atoms with Gasteiger partial charge in [-0.25, -0.2) is 0 Å². The van der Waals surface area contributed by atoms with Gasteiger partial charge in [0, 0.05) is 23.8 Å². The Labute approximate surface area is 119 Å². The summed E-state index contributed by atoms with van der Waals surface area (Å²) in [5.74, 6) is 3.12. The highest BCUT2D eigenvalue weighted by Gasteiger charge is 2.36. The van der Waals surface area contributed by atoms with E-state index < -0.39 is 0 Å². The summed E-state index contributed by atoms with van der Waals surface area (Å²) >= 11 is 1.88. The molecule has 5 heteroatoms. The second-order valence-corrected chi connectivity index (χ2v) is 7.09. The van der Waals surface area contributed by atoms with Crippen LogP contribution in [0.25, 0.3) is 0 Å². The summed E-state index contributed by atoms with van der Waals surface area (Å²) in [4.78, 5) is 0. The van der Waals surface area contributed by atoms with Crippen molar-refractivity contribution in [3.63, 3.8) is 0 Å². The number of thioether (sulfide) groups is 1. The number of nitrogens with one attached hydrogen (secondary N) is 1. The molecule has 0 saturated heterocycles. The zero-order valence-electron chi connectivity index (χ0n) is 11.9. The Kier molecular flexibility index (Phi) is 4.12. The molecule has 0 bridgehead atoms. The van der Waals surface area contributed by atoms with Crippen LogP contribution in [0.4, 0.5) is 0 Å². The highest BCUT2D eigenvalue weighted by molar-refractivity contribution is 7.99. The van der Waals surface area contributed by atoms with Gasteiger partial charge < -0.3 is 9.88 Å². The standard InChI is InChI=1S/C14H24N4S/c1-10(2)15-8-3-9-19-14-17-16-13(11-4-5-11)18(14)12-6-7-12/h10-12,15H,3-9H2,1-2H3. The minimum Gasteiger partial charge on any atom is -0.315 e. The molecule has 2 aliphatic carbocycles. The molecular weight excluding hydrogens is 256 g/mol. The fourth-order valence-corrected chi connectivity index (χ4v) is 3.26. The molecule has 4 nitrogen and oxygen atoms in total. The molecule has 1 aromatic heterocycles. The van der Waals surface area contributed by atoms with Crippen molar-refractivity contribution >= 4 is 11.8 Å². The van der Waals surface area contributed by atoms with E-state index in [4.69, 9.17) is 0 Å². The Balaban J connectivity index is 1.52. The Morgan fingerprint density at radius 2 is 2.05 bits per heavy atom. The number of hydrogen-bond acceptors (Lipinski definition) is 4. The molecule has 1 N–H and O–H groups in total. The monoisotopic (exact) mass is 280 g/mol. The quantitative estimate of drug-likeness (QED) is 0.587. The third kappa shape index (κ3) is 3.51. The second-order valence-electron chi connectivity index (χ2n) is 6.03. The van der Waals surface area contributed by atoms with Crippen LogP contribution in [0, 0.1) is 0 Å². The molecule has 0 amide bonds. The van der Waals surface area contributed by atoms with Crippen LogP contribution in [0.2, 0.25) is 0 Å². The van der Waals surface area contributed by atoms with Crippen molar-refractivity contribution in [1.29, 1.82) is 0 Å². The van der Waals surface area contributed by atoms with Gasteiger partial charge in [0.25, 0.3) is 0 Å². The van der Waals surface area contributed by atoms with Gasteiger partial charge in [-0.1, -0.05) is 25.6 Å². The molecule has 106 valence electrons. The largest absolute Gasteiger partial charge is 0.315 e. The Bertz CT molecular complexity index is 421. The van der Waals surface area contributed by atoms with E-state index in [9.17, 15) is 0 Å². The van der Waals surface area contributed by atoms with Crippen LogP contribution in [0.3, 0.4) is 0 Å². The lowest BCUT2D eigenvalue weighted by atomic mass is 10.4. The first-order chi connectivity index (χ1) is 9.25. The van der Waals surface area contributed by atoms with Crippen molar-refractivity contribution in [2.45, 2.75) is 69.1 Å². The smallest absolute Gasteiger partial charge is 0.191 e. The number of nitrogens with zero attached hydrogens (tertiary/aromatic N) is 3. The van der Waals surface area contributed by atoms with Crippen LogP contribution >= 0.6 is 11.8 Å². The van der Waals surface area contributed by atoms with E-state index >= 15 is 0 Å². The molecule has 1 aromatic rings. The molecule has 2 fully saturated rings. The Morgan fingerprint density at radius 1 is 1.26 bits per heavy atom. The molecule has 0 spiro atoms. The van der Waals surface area contributed by atoms with Crippen LogP contribution in [0.1, 0.15) is 63.7 Å². The van der Waals surface area contributed by atoms with Gasteiger partial charge in [-0.2, -0.15) is 0 Å². The molecule has 0 unspecified atom stereocenters. The van der Waals surface area contributed by atoms with E-state index in [1.807, 2.05) is 11.8 Å². The SMILES string of the molecule is CC(C)NCCCSc1nnc(C2CC2)n1C1CC1. The summed E-state index contributed by atoms with van der Waals surface area (Å²) in [6, 6.07) is 1.29. The van der Waals surface area contributed by atoms with Gasteiger partial charge in [-0.15, -0.1) is 10.2 Å². The second kappa shape index (κ2) is 5.83. The first kappa shape index (κ1) is 13.4. The van der Waals surface area contributed by atoms with E-state index in [-0.39, 0.29) is 0 Å². The number of rotatable bonds is 8. The molecular formula is C14H24N4S. The van der Waals surface area contributed by atoms with Gasteiger partial charge in [-0.05, 0) is 38.6 Å². The van der Waals surface area contributed by atoms with Gasteiger partial charge in [0.2, 0.25) is 0 Å². The summed E-state index contributed by atoms with van der Waals surface area (Å²) in [7, 11) is 0. The summed E-state index contributed by atoms with van der Waals surface area (Å²) < 4.78 is 2.44. The van der Waals surface area contributed by atoms with E-state index in [0.29, 0.717) is 18.0 Å². The molecule has 3 rings (SSSR count). The van der Waals surface area contributed by atoms with Gasteiger partial charge >= 0.3 is 0 Å². The van der Waals surface area contributed by atoms with Gasteiger partial charge in [-0.3, -0.25) is 0 Å². The highest BCUT2D eigenvalue weighted by atomic mass is 32.2. The fraction of sp³-hybridized carbons (Fsp3) is 0.857. The molecule has 0 aromatic carbocycles. The van der Waals surface area contributed by atoms with E-state index in [1.165, 1.54) is 37.9 Å². The lowest BCUT2D eigenvalue weighted by Gasteiger charge is -2.09. The maximum Gasteiger partial charge on any atom is 0.191 e. The Hall–Kier alpha value is -0.550. The fourth-order valence-electron chi connectivity index (χ4n) is 2.31. The van der Waals surface area contributed by atoms with Gasteiger partial charge in [0.05, 0.1) is 0 Å².